The number of carboxylic acids is 1. The molecule has 0 aromatic rings. The zero-order valence-corrected chi connectivity index (χ0v) is 9.86. The van der Waals surface area contributed by atoms with Gasteiger partial charge in [-0.25, -0.2) is 0 Å². The van der Waals surface area contributed by atoms with Gasteiger partial charge >= 0.3 is 5.97 Å². The number of hydrogen-bond donors (Lipinski definition) is 1. The Kier molecular flexibility index (Phi) is 4.29. The van der Waals surface area contributed by atoms with Gasteiger partial charge in [-0.2, -0.15) is 0 Å². The minimum Gasteiger partial charge on any atom is -0.481 e. The summed E-state index contributed by atoms with van der Waals surface area (Å²) in [6.45, 7) is 0.468. The fraction of sp³-hybridized carbons (Fsp3) is 0.818. The topological polar surface area (TPSA) is 66.8 Å². The molecule has 1 saturated carbocycles. The summed E-state index contributed by atoms with van der Waals surface area (Å²) in [5.41, 5.74) is -0.627. The number of likely N-dealkylation sites (N-methyl/N-ethyl adjacent to an activating group) is 1. The molecule has 0 radical (unpaired) electrons. The van der Waals surface area contributed by atoms with E-state index in [1.807, 2.05) is 0 Å². The monoisotopic (exact) mass is 229 g/mol. The van der Waals surface area contributed by atoms with E-state index in [2.05, 4.69) is 0 Å². The van der Waals surface area contributed by atoms with E-state index in [-0.39, 0.29) is 12.3 Å². The van der Waals surface area contributed by atoms with Gasteiger partial charge in [-0.3, -0.25) is 9.59 Å². The molecule has 0 atom stereocenters. The Bertz CT molecular complexity index is 268. The molecule has 5 nitrogen and oxygen atoms in total. The van der Waals surface area contributed by atoms with E-state index in [9.17, 15) is 9.59 Å². The van der Waals surface area contributed by atoms with Gasteiger partial charge < -0.3 is 14.7 Å². The largest absolute Gasteiger partial charge is 0.481 e. The summed E-state index contributed by atoms with van der Waals surface area (Å²) in [5.74, 6) is -0.849. The third kappa shape index (κ3) is 2.72. The summed E-state index contributed by atoms with van der Waals surface area (Å²) in [6.07, 6.45) is 3.13. The maximum Gasteiger partial charge on any atom is 0.303 e. The van der Waals surface area contributed by atoms with Crippen LogP contribution in [0.3, 0.4) is 0 Å². The first-order chi connectivity index (χ1) is 7.52. The van der Waals surface area contributed by atoms with E-state index in [4.69, 9.17) is 9.84 Å². The molecule has 0 aromatic heterocycles. The van der Waals surface area contributed by atoms with Crippen LogP contribution >= 0.6 is 0 Å². The highest BCUT2D eigenvalue weighted by molar-refractivity contribution is 5.86. The highest BCUT2D eigenvalue weighted by Gasteiger charge is 2.45. The number of carboxylic acid groups (broad SMARTS) is 1. The van der Waals surface area contributed by atoms with Gasteiger partial charge in [0.25, 0.3) is 5.91 Å². The quantitative estimate of drug-likeness (QED) is 0.734. The molecule has 92 valence electrons. The molecule has 16 heavy (non-hydrogen) atoms. The van der Waals surface area contributed by atoms with Crippen molar-refractivity contribution in [3.63, 3.8) is 0 Å². The van der Waals surface area contributed by atoms with Crippen molar-refractivity contribution < 1.29 is 19.4 Å². The molecule has 0 heterocycles. The summed E-state index contributed by atoms with van der Waals surface area (Å²) in [5, 5.41) is 8.50. The van der Waals surface area contributed by atoms with Crippen molar-refractivity contribution in [2.75, 3.05) is 20.7 Å². The Morgan fingerprint density at radius 1 is 1.44 bits per heavy atom. The second kappa shape index (κ2) is 5.30. The second-order valence-corrected chi connectivity index (χ2v) is 4.28. The molecular weight excluding hydrogens is 210 g/mol. The van der Waals surface area contributed by atoms with Gasteiger partial charge in [0, 0.05) is 27.1 Å². The summed E-state index contributed by atoms with van der Waals surface area (Å²) < 4.78 is 5.28. The maximum atomic E-state index is 12.0. The number of methoxy groups -OCH3 is 1. The van der Waals surface area contributed by atoms with Gasteiger partial charge in [0.1, 0.15) is 5.60 Å². The second-order valence-electron chi connectivity index (χ2n) is 4.28. The maximum absolute atomic E-state index is 12.0. The fourth-order valence-corrected chi connectivity index (χ4v) is 1.92. The molecule has 0 aliphatic heterocycles. The standard InChI is InChI=1S/C11H19NO4/c1-12(8-3-5-9(13)14)10(15)11(16-2)6-4-7-11/h3-8H2,1-2H3,(H,13,14). The lowest BCUT2D eigenvalue weighted by Gasteiger charge is -2.41. The average Bonchev–Trinajstić information content (AvgIpc) is 2.16. The van der Waals surface area contributed by atoms with E-state index in [0.29, 0.717) is 13.0 Å². The number of ether oxygens (including phenoxy) is 1. The molecule has 1 amide bonds. The predicted molar refractivity (Wildman–Crippen MR) is 58.1 cm³/mol. The lowest BCUT2D eigenvalue weighted by atomic mass is 9.79. The van der Waals surface area contributed by atoms with E-state index >= 15 is 0 Å². The molecule has 0 aromatic carbocycles. The highest BCUT2D eigenvalue weighted by Crippen LogP contribution is 2.36. The SMILES string of the molecule is COC1(C(=O)N(C)CCCC(=O)O)CCC1. The lowest BCUT2D eigenvalue weighted by molar-refractivity contribution is -0.164. The molecule has 0 bridgehead atoms. The lowest BCUT2D eigenvalue weighted by Crippen LogP contribution is -2.53. The molecule has 1 fully saturated rings. The van der Waals surface area contributed by atoms with Gasteiger partial charge in [-0.05, 0) is 25.7 Å². The van der Waals surface area contributed by atoms with Gasteiger partial charge in [0.15, 0.2) is 0 Å². The zero-order valence-electron chi connectivity index (χ0n) is 9.86. The first-order valence-electron chi connectivity index (χ1n) is 5.54. The summed E-state index contributed by atoms with van der Waals surface area (Å²) >= 11 is 0. The number of carbonyl (C=O) groups is 2. The first kappa shape index (κ1) is 13.0. The van der Waals surface area contributed by atoms with Crippen LogP contribution in [0.2, 0.25) is 0 Å². The molecule has 1 rings (SSSR count). The predicted octanol–water partition coefficient (Wildman–Crippen LogP) is 0.879. The van der Waals surface area contributed by atoms with E-state index < -0.39 is 11.6 Å². The van der Waals surface area contributed by atoms with Crippen LogP contribution in [0.4, 0.5) is 0 Å². The summed E-state index contributed by atoms with van der Waals surface area (Å²) in [4.78, 5) is 23.9. The van der Waals surface area contributed by atoms with Crippen LogP contribution in [0.15, 0.2) is 0 Å². The molecule has 1 N–H and O–H groups in total. The van der Waals surface area contributed by atoms with Crippen LogP contribution in [-0.4, -0.2) is 48.2 Å². The number of rotatable bonds is 6. The van der Waals surface area contributed by atoms with Gasteiger partial charge in [-0.15, -0.1) is 0 Å². The van der Waals surface area contributed by atoms with E-state index in [1.165, 1.54) is 0 Å². The Morgan fingerprint density at radius 2 is 2.06 bits per heavy atom. The van der Waals surface area contributed by atoms with Crippen LogP contribution in [0.5, 0.6) is 0 Å². The van der Waals surface area contributed by atoms with Crippen LogP contribution < -0.4 is 0 Å². The third-order valence-electron chi connectivity index (χ3n) is 3.17. The van der Waals surface area contributed by atoms with Crippen molar-refractivity contribution in [2.45, 2.75) is 37.7 Å². The zero-order chi connectivity index (χ0) is 12.2. The highest BCUT2D eigenvalue weighted by atomic mass is 16.5. The average molecular weight is 229 g/mol. The van der Waals surface area contributed by atoms with Crippen molar-refractivity contribution in [2.24, 2.45) is 0 Å². The first-order valence-corrected chi connectivity index (χ1v) is 5.54. The minimum absolute atomic E-state index is 0.0216. The van der Waals surface area contributed by atoms with Gasteiger partial charge in [0.05, 0.1) is 0 Å². The van der Waals surface area contributed by atoms with Crippen LogP contribution in [0, 0.1) is 0 Å². The number of hydrogen-bond acceptors (Lipinski definition) is 3. The van der Waals surface area contributed by atoms with Gasteiger partial charge in [0.2, 0.25) is 0 Å². The number of carbonyl (C=O) groups excluding carboxylic acids is 1. The van der Waals surface area contributed by atoms with Crippen molar-refractivity contribution in [1.82, 2.24) is 4.90 Å². The Balaban J connectivity index is 2.38. The van der Waals surface area contributed by atoms with E-state index in [0.717, 1.165) is 19.3 Å². The normalized spacial score (nSPS) is 17.6. The van der Waals surface area contributed by atoms with Crippen LogP contribution in [0.25, 0.3) is 0 Å². The molecule has 0 unspecified atom stereocenters. The van der Waals surface area contributed by atoms with Crippen LogP contribution in [-0.2, 0) is 14.3 Å². The summed E-state index contributed by atoms with van der Waals surface area (Å²) in [6, 6.07) is 0. The minimum atomic E-state index is -0.828. The Hall–Kier alpha value is -1.10. The fourth-order valence-electron chi connectivity index (χ4n) is 1.92. The Morgan fingerprint density at radius 3 is 2.44 bits per heavy atom. The third-order valence-corrected chi connectivity index (χ3v) is 3.17. The van der Waals surface area contributed by atoms with Crippen LogP contribution in [0.1, 0.15) is 32.1 Å². The molecule has 1 aliphatic carbocycles. The molecular formula is C11H19NO4. The van der Waals surface area contributed by atoms with Crippen molar-refractivity contribution in [1.29, 1.82) is 0 Å². The Labute approximate surface area is 95.4 Å². The molecule has 0 saturated heterocycles. The number of aliphatic carboxylic acids is 1. The van der Waals surface area contributed by atoms with Crippen molar-refractivity contribution in [3.8, 4) is 0 Å². The number of amides is 1. The molecule has 5 heteroatoms. The number of nitrogens with zero attached hydrogens (tertiary/aromatic N) is 1. The van der Waals surface area contributed by atoms with Crippen molar-refractivity contribution in [3.05, 3.63) is 0 Å². The summed E-state index contributed by atoms with van der Waals surface area (Å²) in [7, 11) is 3.26. The molecule has 0 spiro atoms. The molecule has 1 aliphatic rings. The van der Waals surface area contributed by atoms with Gasteiger partial charge in [-0.1, -0.05) is 0 Å². The van der Waals surface area contributed by atoms with Crippen molar-refractivity contribution >= 4 is 11.9 Å². The van der Waals surface area contributed by atoms with E-state index in [1.54, 1.807) is 19.1 Å². The smallest absolute Gasteiger partial charge is 0.303 e.